The van der Waals surface area contributed by atoms with Gasteiger partial charge in [0.15, 0.2) is 16.9 Å². The lowest BCUT2D eigenvalue weighted by Gasteiger charge is -2.04. The van der Waals surface area contributed by atoms with E-state index in [1.807, 2.05) is 18.2 Å². The topological polar surface area (TPSA) is 109 Å². The number of furan rings is 1. The van der Waals surface area contributed by atoms with Crippen LogP contribution in [0.1, 0.15) is 11.4 Å². The van der Waals surface area contributed by atoms with Crippen molar-refractivity contribution in [2.75, 3.05) is 5.73 Å². The lowest BCUT2D eigenvalue weighted by molar-refractivity contribution is 0.580. The molecule has 0 bridgehead atoms. The first-order valence-corrected chi connectivity index (χ1v) is 7.23. The Morgan fingerprint density at radius 2 is 2.08 bits per heavy atom. The Kier molecular flexibility index (Phi) is 3.27. The van der Waals surface area contributed by atoms with Crippen LogP contribution in [0.4, 0.5) is 5.95 Å². The van der Waals surface area contributed by atoms with Crippen LogP contribution >= 0.6 is 0 Å². The molecule has 2 N–H and O–H groups in total. The van der Waals surface area contributed by atoms with Crippen LogP contribution in [0.5, 0.6) is 0 Å². The van der Waals surface area contributed by atoms with Crippen LogP contribution in [0.2, 0.25) is 0 Å². The van der Waals surface area contributed by atoms with Gasteiger partial charge >= 0.3 is 0 Å². The summed E-state index contributed by atoms with van der Waals surface area (Å²) in [4.78, 5) is 12.9. The fraction of sp³-hybridized carbons (Fsp3) is 0.0625. The third-order valence-corrected chi connectivity index (χ3v) is 3.48. The van der Waals surface area contributed by atoms with Gasteiger partial charge in [0.2, 0.25) is 5.95 Å². The molecule has 0 amide bonds. The average Bonchev–Trinajstić information content (AvgIpc) is 3.25. The molecule has 0 fully saturated rings. The molecule has 0 aromatic carbocycles. The second kappa shape index (κ2) is 5.58. The first kappa shape index (κ1) is 14.1. The van der Waals surface area contributed by atoms with Crippen LogP contribution in [-0.2, 0) is 6.54 Å². The van der Waals surface area contributed by atoms with Gasteiger partial charge in [-0.05, 0) is 30.3 Å². The molecule has 8 nitrogen and oxygen atoms in total. The van der Waals surface area contributed by atoms with Crippen LogP contribution in [0, 0.1) is 0 Å². The summed E-state index contributed by atoms with van der Waals surface area (Å²) in [5, 5.41) is 8.34. The minimum absolute atomic E-state index is 0.130. The van der Waals surface area contributed by atoms with Gasteiger partial charge < -0.3 is 10.2 Å². The van der Waals surface area contributed by atoms with Gasteiger partial charge in [-0.2, -0.15) is 4.98 Å². The highest BCUT2D eigenvalue weighted by molar-refractivity contribution is 5.85. The van der Waals surface area contributed by atoms with E-state index in [0.29, 0.717) is 29.2 Å². The lowest BCUT2D eigenvalue weighted by Crippen LogP contribution is -2.06. The summed E-state index contributed by atoms with van der Waals surface area (Å²) in [7, 11) is 0. The van der Waals surface area contributed by atoms with E-state index in [9.17, 15) is 0 Å². The van der Waals surface area contributed by atoms with Gasteiger partial charge in [-0.15, -0.1) is 5.10 Å². The van der Waals surface area contributed by atoms with E-state index in [1.54, 1.807) is 29.2 Å². The normalized spacial score (nSPS) is 11.0. The van der Waals surface area contributed by atoms with Gasteiger partial charge in [-0.1, -0.05) is 17.9 Å². The summed E-state index contributed by atoms with van der Waals surface area (Å²) in [6.45, 7) is 4.13. The van der Waals surface area contributed by atoms with Crippen LogP contribution in [0.3, 0.4) is 0 Å². The molecule has 4 aromatic heterocycles. The monoisotopic (exact) mass is 319 g/mol. The molecule has 0 aliphatic rings. The summed E-state index contributed by atoms with van der Waals surface area (Å²) in [5.41, 5.74) is 9.02. The number of fused-ring (bicyclic) bond motifs is 1. The molecular formula is C16H13N7O. The van der Waals surface area contributed by atoms with Crippen molar-refractivity contribution in [1.82, 2.24) is 29.9 Å². The SMILES string of the molecule is C=Cc1cccc(Cn2nnc3c(-c4ccco4)nc(N)nc32)n1. The van der Waals surface area contributed by atoms with Crippen molar-refractivity contribution in [3.05, 3.63) is 54.6 Å². The van der Waals surface area contributed by atoms with Crippen LogP contribution in [0.15, 0.2) is 47.6 Å². The Bertz CT molecular complexity index is 1020. The first-order valence-electron chi connectivity index (χ1n) is 7.23. The Balaban J connectivity index is 1.81. The van der Waals surface area contributed by atoms with Crippen molar-refractivity contribution in [1.29, 1.82) is 0 Å². The fourth-order valence-electron chi connectivity index (χ4n) is 2.42. The molecule has 4 aromatic rings. The Labute approximate surface area is 136 Å². The van der Waals surface area contributed by atoms with E-state index in [4.69, 9.17) is 10.2 Å². The van der Waals surface area contributed by atoms with Crippen molar-refractivity contribution >= 4 is 23.2 Å². The molecule has 0 unspecified atom stereocenters. The van der Waals surface area contributed by atoms with E-state index in [2.05, 4.69) is 31.8 Å². The highest BCUT2D eigenvalue weighted by Crippen LogP contribution is 2.25. The first-order chi connectivity index (χ1) is 11.7. The molecule has 0 saturated heterocycles. The van der Waals surface area contributed by atoms with Gasteiger partial charge in [0.05, 0.1) is 24.2 Å². The number of anilines is 1. The van der Waals surface area contributed by atoms with Crippen LogP contribution in [-0.4, -0.2) is 29.9 Å². The quantitative estimate of drug-likeness (QED) is 0.614. The summed E-state index contributed by atoms with van der Waals surface area (Å²) in [6, 6.07) is 9.25. The molecular weight excluding hydrogens is 306 g/mol. The molecule has 4 heterocycles. The Hall–Kier alpha value is -3.55. The average molecular weight is 319 g/mol. The number of pyridine rings is 1. The van der Waals surface area contributed by atoms with Crippen molar-refractivity contribution in [3.63, 3.8) is 0 Å². The van der Waals surface area contributed by atoms with Gasteiger partial charge in [0.1, 0.15) is 5.69 Å². The summed E-state index contributed by atoms with van der Waals surface area (Å²) in [6.07, 6.45) is 3.26. The smallest absolute Gasteiger partial charge is 0.222 e. The second-order valence-electron chi connectivity index (χ2n) is 5.08. The number of nitrogen functional groups attached to an aromatic ring is 1. The van der Waals surface area contributed by atoms with Crippen LogP contribution < -0.4 is 5.73 Å². The lowest BCUT2D eigenvalue weighted by atomic mass is 10.3. The molecule has 118 valence electrons. The summed E-state index contributed by atoms with van der Waals surface area (Å²) >= 11 is 0. The Morgan fingerprint density at radius 3 is 2.88 bits per heavy atom. The van der Waals surface area contributed by atoms with Crippen molar-refractivity contribution in [3.8, 4) is 11.5 Å². The zero-order chi connectivity index (χ0) is 16.5. The van der Waals surface area contributed by atoms with Crippen molar-refractivity contribution in [2.45, 2.75) is 6.54 Å². The van der Waals surface area contributed by atoms with E-state index in [-0.39, 0.29) is 5.95 Å². The van der Waals surface area contributed by atoms with Crippen molar-refractivity contribution < 1.29 is 4.42 Å². The zero-order valence-corrected chi connectivity index (χ0v) is 12.6. The van der Waals surface area contributed by atoms with E-state index in [1.165, 1.54) is 0 Å². The minimum Gasteiger partial charge on any atom is -0.463 e. The molecule has 24 heavy (non-hydrogen) atoms. The maximum absolute atomic E-state index is 5.84. The molecule has 4 rings (SSSR count). The molecule has 0 spiro atoms. The van der Waals surface area contributed by atoms with Gasteiger partial charge in [0.25, 0.3) is 0 Å². The van der Waals surface area contributed by atoms with E-state index < -0.39 is 0 Å². The van der Waals surface area contributed by atoms with E-state index >= 15 is 0 Å². The largest absolute Gasteiger partial charge is 0.463 e. The van der Waals surface area contributed by atoms with Gasteiger partial charge in [-0.25, -0.2) is 9.67 Å². The number of rotatable bonds is 4. The summed E-state index contributed by atoms with van der Waals surface area (Å²) < 4.78 is 7.03. The second-order valence-corrected chi connectivity index (χ2v) is 5.08. The molecule has 0 saturated carbocycles. The summed E-state index contributed by atoms with van der Waals surface area (Å²) in [5.74, 6) is 0.693. The maximum Gasteiger partial charge on any atom is 0.222 e. The van der Waals surface area contributed by atoms with E-state index in [0.717, 1.165) is 11.4 Å². The zero-order valence-electron chi connectivity index (χ0n) is 12.6. The Morgan fingerprint density at radius 1 is 1.17 bits per heavy atom. The number of nitrogens with two attached hydrogens (primary N) is 1. The minimum atomic E-state index is 0.130. The number of nitrogens with zero attached hydrogens (tertiary/aromatic N) is 6. The predicted molar refractivity (Wildman–Crippen MR) is 88.7 cm³/mol. The maximum atomic E-state index is 5.84. The molecule has 0 atom stereocenters. The number of aromatic nitrogens is 6. The molecule has 0 aliphatic carbocycles. The molecule has 0 aliphatic heterocycles. The highest BCUT2D eigenvalue weighted by Gasteiger charge is 2.17. The third kappa shape index (κ3) is 2.39. The highest BCUT2D eigenvalue weighted by atomic mass is 16.3. The third-order valence-electron chi connectivity index (χ3n) is 3.48. The number of hydrogen-bond acceptors (Lipinski definition) is 7. The van der Waals surface area contributed by atoms with Crippen LogP contribution in [0.25, 0.3) is 28.7 Å². The standard InChI is InChI=1S/C16H13N7O/c1-2-10-5-3-6-11(18-10)9-23-15-14(21-22-23)13(19-16(17)20-15)12-7-4-8-24-12/h2-8H,1,9H2,(H2,17,19,20). The van der Waals surface area contributed by atoms with Gasteiger partial charge in [0, 0.05) is 0 Å². The molecule has 0 radical (unpaired) electrons. The van der Waals surface area contributed by atoms with Crippen molar-refractivity contribution in [2.24, 2.45) is 0 Å². The molecule has 8 heteroatoms. The predicted octanol–water partition coefficient (Wildman–Crippen LogP) is 2.15. The van der Waals surface area contributed by atoms with Gasteiger partial charge in [-0.3, -0.25) is 4.98 Å². The fourth-order valence-corrected chi connectivity index (χ4v) is 2.42. The number of hydrogen-bond donors (Lipinski definition) is 1.